The zero-order chi connectivity index (χ0) is 28.2. The van der Waals surface area contributed by atoms with Crippen molar-refractivity contribution >= 4 is 43.1 Å². The number of nitrogens with one attached hydrogen (secondary N) is 1. The molecule has 192 valence electrons. The zero-order valence-electron chi connectivity index (χ0n) is 20.4. The molecule has 0 unspecified atom stereocenters. The van der Waals surface area contributed by atoms with E-state index >= 15 is 0 Å². The van der Waals surface area contributed by atoms with Crippen molar-refractivity contribution < 1.29 is 31.5 Å². The molecule has 8 nitrogen and oxygen atoms in total. The molecule has 2 atom stereocenters. The number of fused-ring (bicyclic) bond motifs is 1. The fourth-order valence-electron chi connectivity index (χ4n) is 3.92. The summed E-state index contributed by atoms with van der Waals surface area (Å²) >= 11 is 0. The Kier molecular flexibility index (Phi) is 7.50. The molecule has 0 aromatic carbocycles. The van der Waals surface area contributed by atoms with Gasteiger partial charge in [0.15, 0.2) is 5.65 Å². The smallest absolute Gasteiger partial charge is 0.382 e. The largest absolute Gasteiger partial charge is 0.393 e. The molecule has 3 N–H and O–H groups in total. The average molecular weight is 518 g/mol. The number of rotatable bonds is 8. The van der Waals surface area contributed by atoms with Crippen LogP contribution < -0.4 is 11.1 Å². The van der Waals surface area contributed by atoms with Crippen molar-refractivity contribution in [2.75, 3.05) is 13.7 Å². The fourth-order valence-corrected chi connectivity index (χ4v) is 3.92. The van der Waals surface area contributed by atoms with Crippen molar-refractivity contribution in [2.24, 2.45) is 11.1 Å². The first kappa shape index (κ1) is 29.3. The molecule has 3 heterocycles. The van der Waals surface area contributed by atoms with E-state index in [1.807, 2.05) is 0 Å². The summed E-state index contributed by atoms with van der Waals surface area (Å²) in [4.78, 5) is 17.5. The number of ether oxygens (including phenoxy) is 1. The Hall–Kier alpha value is -2.28. The van der Waals surface area contributed by atoms with Gasteiger partial charge in [-0.2, -0.15) is 18.3 Å². The van der Waals surface area contributed by atoms with Crippen molar-refractivity contribution in [3.8, 4) is 0 Å². The summed E-state index contributed by atoms with van der Waals surface area (Å²) in [6.07, 6.45) is -1.97. The van der Waals surface area contributed by atoms with Crippen LogP contribution in [0, 0.1) is 5.41 Å². The molecule has 1 fully saturated rings. The van der Waals surface area contributed by atoms with E-state index in [1.54, 1.807) is 5.32 Å². The number of aromatic nitrogens is 3. The van der Waals surface area contributed by atoms with Gasteiger partial charge in [0.2, 0.25) is 0 Å². The summed E-state index contributed by atoms with van der Waals surface area (Å²) in [5, 5.41) is -0.219. The van der Waals surface area contributed by atoms with Gasteiger partial charge in [-0.1, -0.05) is 13.8 Å². The lowest BCUT2D eigenvalue weighted by Gasteiger charge is -2.58. The topological polar surface area (TPSA) is 97.8 Å². The van der Waals surface area contributed by atoms with E-state index in [0.29, 0.717) is 4.90 Å². The number of alkyl halides is 5. The number of carbonyl (C=O) groups excluding carboxylic acids is 1. The molecule has 1 saturated heterocycles. The summed E-state index contributed by atoms with van der Waals surface area (Å²) in [5.74, 6) is -4.20. The van der Waals surface area contributed by atoms with Crippen LogP contribution in [0.1, 0.15) is 50.0 Å². The number of amides is 2. The van der Waals surface area contributed by atoms with Crippen LogP contribution in [-0.4, -0.2) is 93.4 Å². The van der Waals surface area contributed by atoms with Gasteiger partial charge < -0.3 is 20.7 Å². The quantitative estimate of drug-likeness (QED) is 0.408. The first-order valence-electron chi connectivity index (χ1n) is 11.1. The molecule has 1 aliphatic heterocycles. The number of imidazole rings is 1. The highest BCUT2D eigenvalue weighted by molar-refractivity contribution is 6.48. The molecule has 0 bridgehead atoms. The van der Waals surface area contributed by atoms with E-state index < -0.39 is 46.3 Å². The standard InChI is InChI=1S/C20H23B4F5N6O2/c1-16(2,20(27,28)29)5-4-11(30)12-8-34-14(32-12)6-10(7-31-34)13(9-37-3)35-15(36)33-18(21,22)17(25,26)19(35,23)24/h6-8,11,13H,4-5,9,30H2,1-3H3,(H,33,36)/t11-,13+/m0/s1. The molecule has 0 spiro atoms. The Morgan fingerprint density at radius 1 is 1.22 bits per heavy atom. The summed E-state index contributed by atoms with van der Waals surface area (Å²) in [6, 6.07) is -1.90. The summed E-state index contributed by atoms with van der Waals surface area (Å²) in [6.45, 7) is 1.84. The van der Waals surface area contributed by atoms with Crippen LogP contribution >= 0.6 is 0 Å². The van der Waals surface area contributed by atoms with Crippen LogP contribution in [-0.2, 0) is 4.74 Å². The van der Waals surface area contributed by atoms with Crippen LogP contribution in [0.4, 0.5) is 26.7 Å². The van der Waals surface area contributed by atoms with E-state index in [0.717, 1.165) is 13.8 Å². The molecule has 1 aliphatic rings. The van der Waals surface area contributed by atoms with E-state index in [4.69, 9.17) is 41.9 Å². The van der Waals surface area contributed by atoms with E-state index in [2.05, 4.69) is 10.1 Å². The lowest BCUT2D eigenvalue weighted by Crippen LogP contribution is -2.83. The van der Waals surface area contributed by atoms with E-state index in [-0.39, 0.29) is 36.4 Å². The van der Waals surface area contributed by atoms with Gasteiger partial charge in [-0.25, -0.2) is 23.1 Å². The van der Waals surface area contributed by atoms with Crippen molar-refractivity contribution in [3.05, 3.63) is 29.7 Å². The lowest BCUT2D eigenvalue weighted by molar-refractivity contribution is -0.214. The maximum atomic E-state index is 15.0. The minimum Gasteiger partial charge on any atom is -0.382 e. The molecule has 2 amide bonds. The molecule has 8 radical (unpaired) electrons. The fraction of sp³-hybridized carbons (Fsp3) is 0.650. The second-order valence-corrected chi connectivity index (χ2v) is 9.82. The van der Waals surface area contributed by atoms with Gasteiger partial charge >= 0.3 is 12.2 Å². The third-order valence-corrected chi connectivity index (χ3v) is 6.56. The molecule has 2 aromatic heterocycles. The van der Waals surface area contributed by atoms with Crippen LogP contribution in [0.15, 0.2) is 18.5 Å². The van der Waals surface area contributed by atoms with Gasteiger partial charge in [0, 0.05) is 29.4 Å². The molecule has 17 heteroatoms. The SMILES string of the molecule is [B]C1([B])NC(=O)N([C@H](COC)c2cnn3cc([C@@H](N)CCC(C)(C)C(F)(F)F)nc3c2)C([B])([B])C1(F)F. The minimum absolute atomic E-state index is 0.0125. The third kappa shape index (κ3) is 5.08. The van der Waals surface area contributed by atoms with Gasteiger partial charge in [0.25, 0.3) is 5.92 Å². The van der Waals surface area contributed by atoms with Gasteiger partial charge in [-0.15, -0.1) is 0 Å². The average Bonchev–Trinajstić information content (AvgIpc) is 3.18. The molecule has 3 rings (SSSR count). The number of nitrogens with zero attached hydrogens (tertiary/aromatic N) is 4. The van der Waals surface area contributed by atoms with Crippen molar-refractivity contribution in [3.63, 3.8) is 0 Å². The molecule has 37 heavy (non-hydrogen) atoms. The highest BCUT2D eigenvalue weighted by Crippen LogP contribution is 2.44. The normalized spacial score (nSPS) is 21.0. The summed E-state index contributed by atoms with van der Waals surface area (Å²) in [7, 11) is 23.4. The van der Waals surface area contributed by atoms with Gasteiger partial charge in [-0.05, 0) is 18.9 Å². The Balaban J connectivity index is 1.93. The predicted octanol–water partition coefficient (Wildman–Crippen LogP) is 1.43. The van der Waals surface area contributed by atoms with E-state index in [1.165, 1.54) is 30.1 Å². The van der Waals surface area contributed by atoms with Crippen molar-refractivity contribution in [1.29, 1.82) is 0 Å². The first-order valence-corrected chi connectivity index (χ1v) is 11.1. The van der Waals surface area contributed by atoms with Crippen LogP contribution in [0.3, 0.4) is 0 Å². The third-order valence-electron chi connectivity index (χ3n) is 6.56. The Morgan fingerprint density at radius 3 is 2.41 bits per heavy atom. The molecular formula is C20H23B4F5N6O2. The number of methoxy groups -OCH3 is 1. The predicted molar refractivity (Wildman–Crippen MR) is 127 cm³/mol. The Labute approximate surface area is 215 Å². The van der Waals surface area contributed by atoms with Crippen LogP contribution in [0.2, 0.25) is 0 Å². The maximum Gasteiger partial charge on any atom is 0.393 e. The highest BCUT2D eigenvalue weighted by Gasteiger charge is 2.64. The number of halogens is 5. The van der Waals surface area contributed by atoms with Gasteiger partial charge in [0.05, 0.1) is 67.5 Å². The Bertz CT molecular complexity index is 1160. The van der Waals surface area contributed by atoms with Crippen LogP contribution in [0.25, 0.3) is 5.65 Å². The summed E-state index contributed by atoms with van der Waals surface area (Å²) in [5.41, 5.74) is 4.74. The zero-order valence-corrected chi connectivity index (χ0v) is 20.4. The monoisotopic (exact) mass is 518 g/mol. The summed E-state index contributed by atoms with van der Waals surface area (Å²) < 4.78 is 75.8. The second kappa shape index (κ2) is 9.48. The first-order chi connectivity index (χ1) is 16.8. The highest BCUT2D eigenvalue weighted by atomic mass is 19.4. The van der Waals surface area contributed by atoms with Gasteiger partial charge in [-0.3, -0.25) is 0 Å². The molecule has 0 aliphatic carbocycles. The molecule has 2 aromatic rings. The van der Waals surface area contributed by atoms with Crippen molar-refractivity contribution in [1.82, 2.24) is 24.8 Å². The molecule has 0 saturated carbocycles. The van der Waals surface area contributed by atoms with Crippen molar-refractivity contribution in [2.45, 2.75) is 61.5 Å². The maximum absolute atomic E-state index is 15.0. The molecular weight excluding hydrogens is 494 g/mol. The number of nitrogens with two attached hydrogens (primary N) is 1. The number of hydrogen-bond acceptors (Lipinski definition) is 5. The van der Waals surface area contributed by atoms with Crippen LogP contribution in [0.5, 0.6) is 0 Å². The van der Waals surface area contributed by atoms with E-state index in [9.17, 15) is 26.7 Å². The number of urea groups is 1. The van der Waals surface area contributed by atoms with Gasteiger partial charge in [0.1, 0.15) is 0 Å². The number of hydrogen-bond donors (Lipinski definition) is 2. The second-order valence-electron chi connectivity index (χ2n) is 9.82. The minimum atomic E-state index is -4.40. The Morgan fingerprint density at radius 2 is 1.84 bits per heavy atom. The number of carbonyl (C=O) groups is 1. The lowest BCUT2D eigenvalue weighted by atomic mass is 9.43.